The number of aliphatic carboxylic acids is 1. The molecule has 35 heavy (non-hydrogen) atoms. The number of carbonyl (C=O) groups is 3. The van der Waals surface area contributed by atoms with Gasteiger partial charge in [-0.05, 0) is 30.2 Å². The zero-order chi connectivity index (χ0) is 25.9. The summed E-state index contributed by atoms with van der Waals surface area (Å²) in [5.74, 6) is -2.70. The first-order valence-corrected chi connectivity index (χ1v) is 15.0. The number of hydrogen-bond donors (Lipinski definition) is 1. The molecule has 0 spiro atoms. The van der Waals surface area contributed by atoms with E-state index >= 15 is 0 Å². The number of ketones is 1. The maximum absolute atomic E-state index is 14.8. The van der Waals surface area contributed by atoms with E-state index in [2.05, 4.69) is 4.98 Å². The summed E-state index contributed by atoms with van der Waals surface area (Å²) in [6.07, 6.45) is 0.0938. The first-order chi connectivity index (χ1) is 16.4. The fourth-order valence-corrected chi connectivity index (χ4v) is 6.05. The molecule has 0 fully saturated rings. The summed E-state index contributed by atoms with van der Waals surface area (Å²) in [6.45, 7) is 5.74. The van der Waals surface area contributed by atoms with Crippen molar-refractivity contribution in [3.8, 4) is 5.88 Å². The van der Waals surface area contributed by atoms with Crippen LogP contribution in [0.5, 0.6) is 5.88 Å². The summed E-state index contributed by atoms with van der Waals surface area (Å²) >= 11 is 0. The number of ether oxygens (including phenoxy) is 1. The molecule has 0 unspecified atom stereocenters. The van der Waals surface area contributed by atoms with Crippen LogP contribution in [0.3, 0.4) is 0 Å². The van der Waals surface area contributed by atoms with Crippen LogP contribution in [-0.2, 0) is 27.2 Å². The van der Waals surface area contributed by atoms with E-state index in [9.17, 15) is 23.2 Å². The quantitative estimate of drug-likeness (QED) is 0.526. The molecule has 3 rings (SSSR count). The largest absolute Gasteiger partial charge is 0.481 e. The molecule has 1 atom stereocenters. The Morgan fingerprint density at radius 3 is 2.37 bits per heavy atom. The van der Waals surface area contributed by atoms with Crippen LogP contribution in [0.4, 0.5) is 8.78 Å². The summed E-state index contributed by atoms with van der Waals surface area (Å²) < 4.78 is 34.7. The van der Waals surface area contributed by atoms with Gasteiger partial charge in [-0.3, -0.25) is 14.4 Å². The molecule has 188 valence electrons. The highest BCUT2D eigenvalue weighted by atomic mass is 28.3. The number of fused-ring (bicyclic) bond motifs is 1. The predicted octanol–water partition coefficient (Wildman–Crippen LogP) is 3.41. The fourth-order valence-electron chi connectivity index (χ4n) is 4.47. The first kappa shape index (κ1) is 26.5. The smallest absolute Gasteiger partial charge is 0.303 e. The van der Waals surface area contributed by atoms with Gasteiger partial charge in [-0.15, -0.1) is 0 Å². The lowest BCUT2D eigenvalue weighted by atomic mass is 9.90. The molecule has 0 saturated heterocycles. The minimum absolute atomic E-state index is 0.0246. The van der Waals surface area contributed by atoms with E-state index in [4.69, 9.17) is 9.84 Å². The van der Waals surface area contributed by atoms with Crippen molar-refractivity contribution in [1.29, 1.82) is 0 Å². The normalized spacial score (nSPS) is 15.5. The molecular formula is C25H30F2N2O5Si. The van der Waals surface area contributed by atoms with Gasteiger partial charge in [0.15, 0.2) is 5.78 Å². The molecule has 1 aliphatic heterocycles. The molecule has 1 amide bonds. The Morgan fingerprint density at radius 2 is 1.80 bits per heavy atom. The van der Waals surface area contributed by atoms with Crippen molar-refractivity contribution in [1.82, 2.24) is 9.88 Å². The summed E-state index contributed by atoms with van der Waals surface area (Å²) in [6, 6.07) is 4.68. The maximum atomic E-state index is 14.8. The molecule has 2 aromatic rings. The highest BCUT2D eigenvalue weighted by molar-refractivity contribution is 6.88. The second-order valence-corrected chi connectivity index (χ2v) is 14.7. The topological polar surface area (TPSA) is 96.8 Å². The van der Waals surface area contributed by atoms with Crippen LogP contribution < -0.4 is 9.92 Å². The van der Waals surface area contributed by atoms with Gasteiger partial charge in [0.25, 0.3) is 0 Å². The number of halogens is 2. The molecule has 7 nitrogen and oxygen atoms in total. The molecular weight excluding hydrogens is 474 g/mol. The number of carboxylic acids is 1. The average molecular weight is 505 g/mol. The second-order valence-electron chi connectivity index (χ2n) is 9.70. The average Bonchev–Trinajstić information content (AvgIpc) is 2.75. The third kappa shape index (κ3) is 6.11. The number of pyridine rings is 1. The molecule has 2 heterocycles. The van der Waals surface area contributed by atoms with Gasteiger partial charge in [-0.1, -0.05) is 19.6 Å². The van der Waals surface area contributed by atoms with Crippen LogP contribution in [0.25, 0.3) is 0 Å². The zero-order valence-electron chi connectivity index (χ0n) is 20.4. The van der Waals surface area contributed by atoms with Crippen LogP contribution in [0.1, 0.15) is 42.1 Å². The lowest BCUT2D eigenvalue weighted by Crippen LogP contribution is -2.44. The van der Waals surface area contributed by atoms with Crippen molar-refractivity contribution in [2.45, 2.75) is 57.8 Å². The summed E-state index contributed by atoms with van der Waals surface area (Å²) in [5.41, 5.74) is 1.34. The van der Waals surface area contributed by atoms with Crippen LogP contribution in [0, 0.1) is 11.6 Å². The minimum atomic E-state index is -2.27. The Balaban J connectivity index is 1.93. The van der Waals surface area contributed by atoms with E-state index in [1.54, 1.807) is 12.1 Å². The van der Waals surface area contributed by atoms with Gasteiger partial charge < -0.3 is 14.7 Å². The molecule has 10 heteroatoms. The number of nitrogens with zero attached hydrogens (tertiary/aromatic N) is 2. The van der Waals surface area contributed by atoms with E-state index in [0.717, 1.165) is 0 Å². The minimum Gasteiger partial charge on any atom is -0.481 e. The second kappa shape index (κ2) is 10.6. The monoisotopic (exact) mass is 504 g/mol. The van der Waals surface area contributed by atoms with Crippen LogP contribution >= 0.6 is 0 Å². The highest BCUT2D eigenvalue weighted by Crippen LogP contribution is 2.33. The van der Waals surface area contributed by atoms with E-state index in [0.29, 0.717) is 23.6 Å². The maximum Gasteiger partial charge on any atom is 0.303 e. The van der Waals surface area contributed by atoms with E-state index < -0.39 is 37.5 Å². The fraction of sp³-hybridized carbons (Fsp3) is 0.440. The third-order valence-electron chi connectivity index (χ3n) is 6.03. The number of Topliss-reactive ketones (excluding diaryl/α,β-unsaturated/α-hetero) is 1. The first-order valence-electron chi connectivity index (χ1n) is 11.5. The van der Waals surface area contributed by atoms with Gasteiger partial charge in [0, 0.05) is 49.0 Å². The number of carbonyl (C=O) groups excluding carboxylic acids is 2. The molecule has 0 saturated carbocycles. The van der Waals surface area contributed by atoms with Gasteiger partial charge in [0.05, 0.1) is 20.9 Å². The summed E-state index contributed by atoms with van der Waals surface area (Å²) in [5, 5.41) is 8.96. The lowest BCUT2D eigenvalue weighted by molar-refractivity contribution is -0.141. The number of methoxy groups -OCH3 is 1. The van der Waals surface area contributed by atoms with Crippen molar-refractivity contribution >= 4 is 30.9 Å². The van der Waals surface area contributed by atoms with Gasteiger partial charge in [-0.25, -0.2) is 13.8 Å². The Kier molecular flexibility index (Phi) is 8.04. The zero-order valence-corrected chi connectivity index (χ0v) is 21.4. The summed E-state index contributed by atoms with van der Waals surface area (Å²) in [4.78, 5) is 43.1. The Labute approximate surface area is 204 Å². The molecule has 0 bridgehead atoms. The van der Waals surface area contributed by atoms with Crippen molar-refractivity contribution in [2.24, 2.45) is 0 Å². The van der Waals surface area contributed by atoms with Gasteiger partial charge in [0.2, 0.25) is 11.8 Å². The number of amides is 1. The number of hydrogen-bond acceptors (Lipinski definition) is 5. The van der Waals surface area contributed by atoms with E-state index in [1.165, 1.54) is 24.1 Å². The van der Waals surface area contributed by atoms with Crippen molar-refractivity contribution in [2.75, 3.05) is 13.7 Å². The predicted molar refractivity (Wildman–Crippen MR) is 128 cm³/mol. The number of rotatable bonds is 9. The molecule has 0 radical (unpaired) electrons. The van der Waals surface area contributed by atoms with Crippen LogP contribution in [-0.4, -0.2) is 54.4 Å². The van der Waals surface area contributed by atoms with E-state index in [-0.39, 0.29) is 48.9 Å². The molecule has 1 aliphatic rings. The summed E-state index contributed by atoms with van der Waals surface area (Å²) in [7, 11) is -0.793. The number of carboxylic acid groups (broad SMARTS) is 1. The molecule has 1 N–H and O–H groups in total. The Hall–Kier alpha value is -3.14. The molecule has 1 aromatic heterocycles. The Bertz CT molecular complexity index is 1130. The molecule has 0 aliphatic carbocycles. The molecule has 1 aromatic carbocycles. The van der Waals surface area contributed by atoms with Crippen molar-refractivity contribution < 1.29 is 33.0 Å². The SMILES string of the molecule is COc1ccc2c(n1)CCN(C(=O)CCCC(=O)O)[C@H]2C(=O)Cc1cc(F)c([Si](C)(C)C)c(F)c1. The number of benzene rings is 1. The third-order valence-corrected chi connectivity index (χ3v) is 8.00. The number of aromatic nitrogens is 1. The van der Waals surface area contributed by atoms with Crippen molar-refractivity contribution in [3.63, 3.8) is 0 Å². The van der Waals surface area contributed by atoms with Gasteiger partial charge in [-0.2, -0.15) is 0 Å². The van der Waals surface area contributed by atoms with Gasteiger partial charge in [0.1, 0.15) is 17.7 Å². The Morgan fingerprint density at radius 1 is 1.14 bits per heavy atom. The standard InChI is InChI=1S/C25H30F2N2O5Si/c1-34-21-9-8-16-19(28-21)10-11-29(22(31)6-5-7-23(32)33)24(16)20(30)14-15-12-17(26)25(18(27)13-15)35(2,3)4/h8-9,12-13,24H,5-7,10-11,14H2,1-4H3,(H,32,33)/t24-/m1/s1. The van der Waals surface area contributed by atoms with Crippen LogP contribution in [0.2, 0.25) is 19.6 Å². The van der Waals surface area contributed by atoms with Crippen LogP contribution in [0.15, 0.2) is 24.3 Å². The highest BCUT2D eigenvalue weighted by Gasteiger charge is 2.36. The van der Waals surface area contributed by atoms with E-state index in [1.807, 2.05) is 19.6 Å². The lowest BCUT2D eigenvalue weighted by Gasteiger charge is -2.36. The van der Waals surface area contributed by atoms with Gasteiger partial charge >= 0.3 is 5.97 Å². The van der Waals surface area contributed by atoms with Crippen molar-refractivity contribution in [3.05, 3.63) is 52.7 Å².